The Morgan fingerprint density at radius 2 is 1.54 bits per heavy atom. The minimum absolute atomic E-state index is 0.00332. The smallest absolute Gasteiger partial charge is 0.265 e. The molecule has 0 heterocycles. The Morgan fingerprint density at radius 3 is 2.15 bits per heavy atom. The van der Waals surface area contributed by atoms with Crippen LogP contribution in [0.15, 0.2) is 48.5 Å². The molecular weight excluding hydrogens is 332 g/mol. The first-order valence-corrected chi connectivity index (χ1v) is 8.42. The number of amides is 2. The van der Waals surface area contributed by atoms with Crippen molar-refractivity contribution < 1.29 is 19.1 Å². The van der Waals surface area contributed by atoms with Crippen molar-refractivity contribution in [1.82, 2.24) is 5.32 Å². The van der Waals surface area contributed by atoms with Gasteiger partial charge in [0, 0.05) is 6.04 Å². The molecule has 0 aromatic heterocycles. The Labute approximate surface area is 153 Å². The molecule has 0 unspecified atom stereocenters. The van der Waals surface area contributed by atoms with Gasteiger partial charge in [0.05, 0.1) is 18.4 Å². The van der Waals surface area contributed by atoms with E-state index in [9.17, 15) is 9.59 Å². The summed E-state index contributed by atoms with van der Waals surface area (Å²) in [5.74, 6) is 0.684. The molecule has 0 bridgehead atoms. The number of carbonyl (C=O) groups excluding carboxylic acids is 2. The number of rotatable bonds is 7. The van der Waals surface area contributed by atoms with Crippen LogP contribution in [0, 0.1) is 0 Å². The highest BCUT2D eigenvalue weighted by atomic mass is 16.5. The van der Waals surface area contributed by atoms with E-state index in [1.165, 1.54) is 0 Å². The van der Waals surface area contributed by atoms with Gasteiger partial charge in [-0.25, -0.2) is 0 Å². The van der Waals surface area contributed by atoms with Crippen LogP contribution in [0.4, 0.5) is 5.69 Å². The number of hydrogen-bond acceptors (Lipinski definition) is 4. The van der Waals surface area contributed by atoms with Gasteiger partial charge in [-0.15, -0.1) is 0 Å². The maximum absolute atomic E-state index is 12.4. The molecule has 0 fully saturated rings. The molecule has 6 nitrogen and oxygen atoms in total. The summed E-state index contributed by atoms with van der Waals surface area (Å²) < 4.78 is 10.7. The van der Waals surface area contributed by atoms with Crippen LogP contribution in [-0.4, -0.2) is 31.1 Å². The number of nitrogens with one attached hydrogen (secondary N) is 2. The number of anilines is 1. The normalized spacial score (nSPS) is 11.6. The highest BCUT2D eigenvalue weighted by Crippen LogP contribution is 2.19. The Kier molecular flexibility index (Phi) is 6.60. The highest BCUT2D eigenvalue weighted by Gasteiger charge is 2.18. The molecule has 138 valence electrons. The van der Waals surface area contributed by atoms with Gasteiger partial charge >= 0.3 is 0 Å². The predicted molar refractivity (Wildman–Crippen MR) is 101 cm³/mol. The molecular formula is C20H24N2O4. The molecule has 0 aliphatic rings. The van der Waals surface area contributed by atoms with Crippen molar-refractivity contribution in [1.29, 1.82) is 0 Å². The third-order valence-corrected chi connectivity index (χ3v) is 3.59. The fraction of sp³-hybridized carbons (Fsp3) is 0.300. The van der Waals surface area contributed by atoms with E-state index in [-0.39, 0.29) is 17.9 Å². The monoisotopic (exact) mass is 356 g/mol. The van der Waals surface area contributed by atoms with Gasteiger partial charge in [0.1, 0.15) is 11.5 Å². The minimum atomic E-state index is -0.732. The van der Waals surface area contributed by atoms with Gasteiger partial charge in [0.2, 0.25) is 0 Å². The molecule has 2 amide bonds. The van der Waals surface area contributed by atoms with Crippen molar-refractivity contribution in [2.75, 3.05) is 12.4 Å². The number of carbonyl (C=O) groups is 2. The van der Waals surface area contributed by atoms with Gasteiger partial charge in [0.25, 0.3) is 11.8 Å². The zero-order valence-corrected chi connectivity index (χ0v) is 15.4. The van der Waals surface area contributed by atoms with Gasteiger partial charge < -0.3 is 20.1 Å². The lowest BCUT2D eigenvalue weighted by molar-refractivity contribution is -0.122. The van der Waals surface area contributed by atoms with Gasteiger partial charge in [-0.2, -0.15) is 0 Å². The summed E-state index contributed by atoms with van der Waals surface area (Å²) in [6.07, 6.45) is -0.732. The second kappa shape index (κ2) is 8.89. The second-order valence-electron chi connectivity index (χ2n) is 6.10. The molecule has 0 saturated heterocycles. The molecule has 2 rings (SSSR count). The van der Waals surface area contributed by atoms with Crippen molar-refractivity contribution >= 4 is 17.5 Å². The van der Waals surface area contributed by atoms with Crippen molar-refractivity contribution in [2.45, 2.75) is 32.9 Å². The Hall–Kier alpha value is -3.02. The standard InChI is InChI=1S/C20H24N2O4/c1-13(2)21-20(24)17-7-5-6-8-18(17)22-19(23)14(3)26-16-11-9-15(25-4)10-12-16/h5-14H,1-4H3,(H,21,24)(H,22,23)/t14-/m0/s1. The summed E-state index contributed by atoms with van der Waals surface area (Å²) in [5, 5.41) is 5.58. The van der Waals surface area contributed by atoms with Gasteiger partial charge in [-0.3, -0.25) is 9.59 Å². The van der Waals surface area contributed by atoms with Crippen LogP contribution in [0.3, 0.4) is 0 Å². The molecule has 0 radical (unpaired) electrons. The van der Waals surface area contributed by atoms with Gasteiger partial charge in [-0.05, 0) is 57.2 Å². The van der Waals surface area contributed by atoms with E-state index in [0.717, 1.165) is 0 Å². The quantitative estimate of drug-likeness (QED) is 0.798. The number of methoxy groups -OCH3 is 1. The van der Waals surface area contributed by atoms with Gasteiger partial charge in [-0.1, -0.05) is 12.1 Å². The van der Waals surface area contributed by atoms with Crippen LogP contribution in [0.5, 0.6) is 11.5 Å². The first-order chi connectivity index (χ1) is 12.4. The third kappa shape index (κ3) is 5.24. The van der Waals surface area contributed by atoms with Crippen LogP contribution in [0.1, 0.15) is 31.1 Å². The van der Waals surface area contributed by atoms with Crippen molar-refractivity contribution in [3.05, 3.63) is 54.1 Å². The average Bonchev–Trinajstić information content (AvgIpc) is 2.62. The SMILES string of the molecule is COc1ccc(O[C@@H](C)C(=O)Nc2ccccc2C(=O)NC(C)C)cc1. The molecule has 0 saturated carbocycles. The number of ether oxygens (including phenoxy) is 2. The highest BCUT2D eigenvalue weighted by molar-refractivity contribution is 6.04. The van der Waals surface area contributed by atoms with E-state index in [1.807, 2.05) is 13.8 Å². The second-order valence-corrected chi connectivity index (χ2v) is 6.10. The Bertz CT molecular complexity index is 757. The van der Waals surface area contributed by atoms with E-state index in [4.69, 9.17) is 9.47 Å². The lowest BCUT2D eigenvalue weighted by Crippen LogP contribution is -2.33. The topological polar surface area (TPSA) is 76.7 Å². The zero-order chi connectivity index (χ0) is 19.1. The largest absolute Gasteiger partial charge is 0.497 e. The maximum atomic E-state index is 12.4. The number of benzene rings is 2. The summed E-state index contributed by atoms with van der Waals surface area (Å²) in [6.45, 7) is 5.41. The molecule has 0 aliphatic heterocycles. The van der Waals surface area contributed by atoms with Crippen LogP contribution in [0.2, 0.25) is 0 Å². The maximum Gasteiger partial charge on any atom is 0.265 e. The minimum Gasteiger partial charge on any atom is -0.497 e. The first kappa shape index (κ1) is 19.3. The first-order valence-electron chi connectivity index (χ1n) is 8.42. The summed E-state index contributed by atoms with van der Waals surface area (Å²) >= 11 is 0. The molecule has 2 N–H and O–H groups in total. The van der Waals surface area contributed by atoms with E-state index in [1.54, 1.807) is 62.6 Å². The van der Waals surface area contributed by atoms with Gasteiger partial charge in [0.15, 0.2) is 6.10 Å². The summed E-state index contributed by atoms with van der Waals surface area (Å²) in [5.41, 5.74) is 0.854. The predicted octanol–water partition coefficient (Wildman–Crippen LogP) is 3.24. The molecule has 2 aromatic carbocycles. The third-order valence-electron chi connectivity index (χ3n) is 3.59. The number of hydrogen-bond donors (Lipinski definition) is 2. The summed E-state index contributed by atoms with van der Waals surface area (Å²) in [4.78, 5) is 24.7. The molecule has 0 aliphatic carbocycles. The molecule has 6 heteroatoms. The molecule has 26 heavy (non-hydrogen) atoms. The van der Waals surface area contributed by atoms with Crippen LogP contribution < -0.4 is 20.1 Å². The Morgan fingerprint density at radius 1 is 0.923 bits per heavy atom. The molecule has 0 spiro atoms. The lowest BCUT2D eigenvalue weighted by atomic mass is 10.1. The molecule has 1 atom stereocenters. The fourth-order valence-corrected chi connectivity index (χ4v) is 2.28. The molecule has 2 aromatic rings. The van der Waals surface area contributed by atoms with Crippen molar-refractivity contribution in [3.8, 4) is 11.5 Å². The Balaban J connectivity index is 2.05. The van der Waals surface area contributed by atoms with E-state index in [0.29, 0.717) is 22.7 Å². The van der Waals surface area contributed by atoms with Crippen LogP contribution in [-0.2, 0) is 4.79 Å². The van der Waals surface area contributed by atoms with Crippen LogP contribution >= 0.6 is 0 Å². The number of para-hydroxylation sites is 1. The van der Waals surface area contributed by atoms with E-state index in [2.05, 4.69) is 10.6 Å². The average molecular weight is 356 g/mol. The van der Waals surface area contributed by atoms with Crippen LogP contribution in [0.25, 0.3) is 0 Å². The van der Waals surface area contributed by atoms with E-state index >= 15 is 0 Å². The van der Waals surface area contributed by atoms with Crippen molar-refractivity contribution in [2.24, 2.45) is 0 Å². The zero-order valence-electron chi connectivity index (χ0n) is 15.4. The summed E-state index contributed by atoms with van der Waals surface area (Å²) in [6, 6.07) is 13.8. The summed E-state index contributed by atoms with van der Waals surface area (Å²) in [7, 11) is 1.58. The van der Waals surface area contributed by atoms with Crippen molar-refractivity contribution in [3.63, 3.8) is 0 Å². The lowest BCUT2D eigenvalue weighted by Gasteiger charge is -2.17. The fourth-order valence-electron chi connectivity index (χ4n) is 2.28. The van der Waals surface area contributed by atoms with E-state index < -0.39 is 6.10 Å².